The predicted molar refractivity (Wildman–Crippen MR) is 101 cm³/mol. The molecule has 0 saturated carbocycles. The van der Waals surface area contributed by atoms with Crippen LogP contribution >= 0.6 is 0 Å². The van der Waals surface area contributed by atoms with Crippen LogP contribution in [0, 0.1) is 11.3 Å². The molecule has 0 radical (unpaired) electrons. The molecule has 0 fully saturated rings. The summed E-state index contributed by atoms with van der Waals surface area (Å²) >= 11 is 0. The first-order chi connectivity index (χ1) is 10.1. The van der Waals surface area contributed by atoms with Crippen molar-refractivity contribution in [3.05, 3.63) is 11.6 Å². The molecule has 0 unspecified atom stereocenters. The molecule has 0 spiro atoms. The van der Waals surface area contributed by atoms with Gasteiger partial charge in [0.2, 0.25) is 0 Å². The number of hydrogen-bond donors (Lipinski definition) is 1. The Labute approximate surface area is 144 Å². The van der Waals surface area contributed by atoms with Crippen LogP contribution in [0.2, 0.25) is 18.1 Å². The van der Waals surface area contributed by atoms with Crippen molar-refractivity contribution in [3.8, 4) is 0 Å². The van der Waals surface area contributed by atoms with Gasteiger partial charge in [0.25, 0.3) is 0 Å². The van der Waals surface area contributed by atoms with Crippen molar-refractivity contribution in [2.45, 2.75) is 92.5 Å². The topological polar surface area (TPSA) is 46.5 Å². The molecule has 0 rings (SSSR count). The van der Waals surface area contributed by atoms with E-state index in [9.17, 15) is 4.79 Å². The van der Waals surface area contributed by atoms with Gasteiger partial charge < -0.3 is 9.53 Å². The molecule has 0 aromatic rings. The van der Waals surface area contributed by atoms with Crippen molar-refractivity contribution < 1.29 is 14.3 Å². The lowest BCUT2D eigenvalue weighted by molar-refractivity contribution is -0.132. The van der Waals surface area contributed by atoms with Gasteiger partial charge in [0.1, 0.15) is 0 Å². The number of aliphatic carboxylic acids is 1. The zero-order valence-corrected chi connectivity index (χ0v) is 17.9. The van der Waals surface area contributed by atoms with Crippen LogP contribution in [0.3, 0.4) is 0 Å². The fourth-order valence-corrected chi connectivity index (χ4v) is 3.55. The lowest BCUT2D eigenvalue weighted by atomic mass is 9.83. The monoisotopic (exact) mass is 342 g/mol. The molecule has 1 N–H and O–H groups in total. The molecule has 4 heteroatoms. The number of rotatable bonds is 7. The van der Waals surface area contributed by atoms with Gasteiger partial charge in [-0.1, -0.05) is 54.5 Å². The van der Waals surface area contributed by atoms with Gasteiger partial charge in [-0.15, -0.1) is 0 Å². The van der Waals surface area contributed by atoms with E-state index in [1.807, 2.05) is 6.08 Å². The lowest BCUT2D eigenvalue weighted by Gasteiger charge is -2.44. The van der Waals surface area contributed by atoms with E-state index in [1.54, 1.807) is 6.92 Å². The molecule has 23 heavy (non-hydrogen) atoms. The lowest BCUT2D eigenvalue weighted by Crippen LogP contribution is -2.47. The molecule has 0 aliphatic rings. The van der Waals surface area contributed by atoms with E-state index in [-0.39, 0.29) is 16.6 Å². The van der Waals surface area contributed by atoms with Gasteiger partial charge in [-0.2, -0.15) is 0 Å². The summed E-state index contributed by atoms with van der Waals surface area (Å²) < 4.78 is 6.69. The summed E-state index contributed by atoms with van der Waals surface area (Å²) in [4.78, 5) is 10.9. The summed E-state index contributed by atoms with van der Waals surface area (Å²) in [5, 5.41) is 9.15. The van der Waals surface area contributed by atoms with Crippen molar-refractivity contribution in [1.82, 2.24) is 0 Å². The summed E-state index contributed by atoms with van der Waals surface area (Å²) in [5.41, 5.74) is 0.504. The second kappa shape index (κ2) is 7.97. The van der Waals surface area contributed by atoms with Crippen LogP contribution in [-0.4, -0.2) is 25.5 Å². The normalized spacial score (nSPS) is 17.0. The van der Waals surface area contributed by atoms with E-state index in [2.05, 4.69) is 61.6 Å². The quantitative estimate of drug-likeness (QED) is 0.465. The Balaban J connectivity index is 5.03. The summed E-state index contributed by atoms with van der Waals surface area (Å²) in [6.07, 6.45) is 3.77. The zero-order chi connectivity index (χ0) is 18.6. The van der Waals surface area contributed by atoms with E-state index in [4.69, 9.17) is 9.53 Å². The van der Waals surface area contributed by atoms with Gasteiger partial charge in [0.05, 0.1) is 6.10 Å². The van der Waals surface area contributed by atoms with Crippen molar-refractivity contribution in [3.63, 3.8) is 0 Å². The SMILES string of the molecule is C/C(=C\C[C@H](C)C[C@H](O[Si](C)(C)C(C)(C)C)C(C)(C)C)C(=O)O. The standard InChI is InChI=1S/C19H38O3Si/c1-14(11-12-15(2)17(20)21)13-16(18(3,4)5)22-23(9,10)19(6,7)8/h12,14,16H,11,13H2,1-10H3,(H,20,21)/b15-12+/t14-,16-/m0/s1. The molecule has 0 heterocycles. The van der Waals surface area contributed by atoms with Crippen LogP contribution in [0.25, 0.3) is 0 Å². The molecule has 0 aliphatic carbocycles. The highest BCUT2D eigenvalue weighted by Crippen LogP contribution is 2.41. The minimum Gasteiger partial charge on any atom is -0.478 e. The van der Waals surface area contributed by atoms with Gasteiger partial charge in [-0.3, -0.25) is 0 Å². The van der Waals surface area contributed by atoms with E-state index in [1.165, 1.54) is 0 Å². The van der Waals surface area contributed by atoms with Gasteiger partial charge in [-0.25, -0.2) is 4.79 Å². The van der Waals surface area contributed by atoms with Crippen LogP contribution < -0.4 is 0 Å². The molecule has 136 valence electrons. The van der Waals surface area contributed by atoms with Gasteiger partial charge >= 0.3 is 5.97 Å². The average Bonchev–Trinajstić information content (AvgIpc) is 2.32. The van der Waals surface area contributed by atoms with Crippen LogP contribution in [0.15, 0.2) is 11.6 Å². The first-order valence-electron chi connectivity index (χ1n) is 8.66. The second-order valence-corrected chi connectivity index (χ2v) is 14.3. The summed E-state index contributed by atoms with van der Waals surface area (Å²) in [5.74, 6) is -0.430. The van der Waals surface area contributed by atoms with Crippen molar-refractivity contribution in [2.75, 3.05) is 0 Å². The Hall–Kier alpha value is -0.613. The number of carboxylic acids is 1. The highest BCUT2D eigenvalue weighted by molar-refractivity contribution is 6.74. The Bertz CT molecular complexity index is 425. The number of carbonyl (C=O) groups is 1. The third-order valence-corrected chi connectivity index (χ3v) is 9.48. The van der Waals surface area contributed by atoms with Gasteiger partial charge in [0.15, 0.2) is 8.32 Å². The predicted octanol–water partition coefficient (Wildman–Crippen LogP) is 5.87. The second-order valence-electron chi connectivity index (χ2n) is 9.50. The van der Waals surface area contributed by atoms with Gasteiger partial charge in [0, 0.05) is 5.57 Å². The molecule has 0 aromatic heterocycles. The maximum atomic E-state index is 10.9. The number of carboxylic acid groups (broad SMARTS) is 1. The van der Waals surface area contributed by atoms with Crippen LogP contribution in [-0.2, 0) is 9.22 Å². The minimum absolute atomic E-state index is 0.0787. The van der Waals surface area contributed by atoms with Crippen molar-refractivity contribution >= 4 is 14.3 Å². The Morgan fingerprint density at radius 2 is 1.65 bits per heavy atom. The fraction of sp³-hybridized carbons (Fsp3) is 0.842. The van der Waals surface area contributed by atoms with E-state index in [0.29, 0.717) is 11.5 Å². The highest BCUT2D eigenvalue weighted by atomic mass is 28.4. The smallest absolute Gasteiger partial charge is 0.330 e. The maximum absolute atomic E-state index is 10.9. The molecular formula is C19H38O3Si. The first-order valence-corrected chi connectivity index (χ1v) is 11.6. The molecule has 0 aromatic carbocycles. The zero-order valence-electron chi connectivity index (χ0n) is 16.9. The maximum Gasteiger partial charge on any atom is 0.330 e. The highest BCUT2D eigenvalue weighted by Gasteiger charge is 2.41. The number of hydrogen-bond acceptors (Lipinski definition) is 2. The molecular weight excluding hydrogens is 304 g/mol. The molecule has 2 atom stereocenters. The van der Waals surface area contributed by atoms with Crippen LogP contribution in [0.5, 0.6) is 0 Å². The van der Waals surface area contributed by atoms with Gasteiger partial charge in [-0.05, 0) is 49.2 Å². The first kappa shape index (κ1) is 22.4. The van der Waals surface area contributed by atoms with Crippen molar-refractivity contribution in [2.24, 2.45) is 11.3 Å². The summed E-state index contributed by atoms with van der Waals surface area (Å²) in [7, 11) is -1.82. The van der Waals surface area contributed by atoms with E-state index < -0.39 is 14.3 Å². The third-order valence-electron chi connectivity index (χ3n) is 4.99. The largest absolute Gasteiger partial charge is 0.478 e. The fourth-order valence-electron chi connectivity index (χ4n) is 2.04. The number of allylic oxidation sites excluding steroid dienone is 1. The van der Waals surface area contributed by atoms with E-state index in [0.717, 1.165) is 12.8 Å². The van der Waals surface area contributed by atoms with Crippen LogP contribution in [0.1, 0.15) is 68.2 Å². The molecule has 0 bridgehead atoms. The van der Waals surface area contributed by atoms with E-state index >= 15 is 0 Å². The third kappa shape index (κ3) is 7.66. The van der Waals surface area contributed by atoms with Crippen molar-refractivity contribution in [1.29, 1.82) is 0 Å². The Morgan fingerprint density at radius 3 is 2.00 bits per heavy atom. The van der Waals surface area contributed by atoms with Crippen LogP contribution in [0.4, 0.5) is 0 Å². The molecule has 0 amide bonds. The summed E-state index contributed by atoms with van der Waals surface area (Å²) in [6, 6.07) is 0. The Kier molecular flexibility index (Phi) is 7.76. The summed E-state index contributed by atoms with van der Waals surface area (Å²) in [6.45, 7) is 21.9. The average molecular weight is 343 g/mol. The molecule has 3 nitrogen and oxygen atoms in total. The Morgan fingerprint density at radius 1 is 1.17 bits per heavy atom. The molecule has 0 aliphatic heterocycles. The molecule has 0 saturated heterocycles. The minimum atomic E-state index is -1.82.